The number of fused-ring (bicyclic) bond motifs is 1. The van der Waals surface area contributed by atoms with E-state index in [1.54, 1.807) is 0 Å². The quantitative estimate of drug-likeness (QED) is 0.855. The number of likely N-dealkylation sites (tertiary alicyclic amines) is 1. The molecule has 0 aliphatic carbocycles. The number of amides is 1. The first kappa shape index (κ1) is 15.8. The van der Waals surface area contributed by atoms with Gasteiger partial charge in [-0.2, -0.15) is 0 Å². The number of carbonyl (C=O) groups is 1. The number of aromatic nitrogens is 2. The zero-order valence-corrected chi connectivity index (χ0v) is 14.7. The smallest absolute Gasteiger partial charge is 0.228 e. The first-order valence-corrected chi connectivity index (χ1v) is 8.25. The topological polar surface area (TPSA) is 40.9 Å². The van der Waals surface area contributed by atoms with Gasteiger partial charge in [-0.25, -0.2) is 4.98 Å². The van der Waals surface area contributed by atoms with Crippen LogP contribution in [0.25, 0.3) is 5.52 Å². The zero-order chi connectivity index (χ0) is 16.8. The van der Waals surface area contributed by atoms with E-state index >= 15 is 0 Å². The van der Waals surface area contributed by atoms with Crippen LogP contribution in [0.15, 0.2) is 24.5 Å². The van der Waals surface area contributed by atoms with Gasteiger partial charge in [0.25, 0.3) is 0 Å². The molecule has 1 aliphatic rings. The standard InChI is InChI=1S/C18H26N4O/c1-18(2,3)17(23)22-11-7-8-14(22)13-12-21-10-6-9-15(21)16(19-13)20(4)5/h6,9-10,12,14H,7-8,11H2,1-5H3/t14-/m1/s1. The molecule has 23 heavy (non-hydrogen) atoms. The number of hydrogen-bond donors (Lipinski definition) is 0. The van der Waals surface area contributed by atoms with Crippen LogP contribution in [0.4, 0.5) is 5.82 Å². The lowest BCUT2D eigenvalue weighted by atomic mass is 9.94. The molecule has 0 saturated carbocycles. The van der Waals surface area contributed by atoms with Crippen molar-refractivity contribution < 1.29 is 4.79 Å². The Bertz CT molecular complexity index is 726. The molecule has 3 heterocycles. The minimum atomic E-state index is -0.357. The van der Waals surface area contributed by atoms with E-state index in [0.717, 1.165) is 36.4 Å². The number of rotatable bonds is 2. The fourth-order valence-electron chi connectivity index (χ4n) is 3.28. The summed E-state index contributed by atoms with van der Waals surface area (Å²) in [5, 5.41) is 0. The van der Waals surface area contributed by atoms with E-state index in [9.17, 15) is 4.79 Å². The van der Waals surface area contributed by atoms with E-state index in [4.69, 9.17) is 4.98 Å². The predicted molar refractivity (Wildman–Crippen MR) is 92.7 cm³/mol. The third-order valence-electron chi connectivity index (χ3n) is 4.43. The van der Waals surface area contributed by atoms with Crippen molar-refractivity contribution in [3.05, 3.63) is 30.2 Å². The van der Waals surface area contributed by atoms with Crippen molar-refractivity contribution >= 4 is 17.2 Å². The average molecular weight is 314 g/mol. The third-order valence-corrected chi connectivity index (χ3v) is 4.43. The lowest BCUT2D eigenvalue weighted by Crippen LogP contribution is -2.39. The molecule has 2 aromatic heterocycles. The minimum absolute atomic E-state index is 0.0761. The second-order valence-corrected chi connectivity index (χ2v) is 7.59. The van der Waals surface area contributed by atoms with Crippen LogP contribution >= 0.6 is 0 Å². The summed E-state index contributed by atoms with van der Waals surface area (Å²) in [6, 6.07) is 4.17. The fraction of sp³-hybridized carbons (Fsp3) is 0.556. The van der Waals surface area contributed by atoms with Crippen molar-refractivity contribution in [2.24, 2.45) is 5.41 Å². The molecule has 2 aromatic rings. The first-order valence-electron chi connectivity index (χ1n) is 8.25. The Morgan fingerprint density at radius 2 is 2.09 bits per heavy atom. The van der Waals surface area contributed by atoms with Gasteiger partial charge in [-0.05, 0) is 25.0 Å². The maximum atomic E-state index is 12.8. The van der Waals surface area contributed by atoms with Gasteiger partial charge in [0.15, 0.2) is 5.82 Å². The van der Waals surface area contributed by atoms with Gasteiger partial charge in [0.05, 0.1) is 17.3 Å². The summed E-state index contributed by atoms with van der Waals surface area (Å²) in [7, 11) is 4.01. The van der Waals surface area contributed by atoms with Crippen molar-refractivity contribution in [1.82, 2.24) is 14.3 Å². The van der Waals surface area contributed by atoms with Crippen LogP contribution < -0.4 is 4.90 Å². The highest BCUT2D eigenvalue weighted by atomic mass is 16.2. The molecule has 1 amide bonds. The van der Waals surface area contributed by atoms with E-state index in [1.807, 2.05) is 56.9 Å². The maximum Gasteiger partial charge on any atom is 0.228 e. The van der Waals surface area contributed by atoms with Crippen LogP contribution in [0.3, 0.4) is 0 Å². The SMILES string of the molecule is CN(C)c1nc([C@H]2CCCN2C(=O)C(C)(C)C)cn2cccc12. The molecule has 5 heteroatoms. The van der Waals surface area contributed by atoms with Crippen molar-refractivity contribution in [2.75, 3.05) is 25.5 Å². The molecular formula is C18H26N4O. The summed E-state index contributed by atoms with van der Waals surface area (Å²) in [6.07, 6.45) is 6.13. The van der Waals surface area contributed by atoms with Crippen LogP contribution in [-0.2, 0) is 4.79 Å². The highest BCUT2D eigenvalue weighted by molar-refractivity contribution is 5.82. The number of carbonyl (C=O) groups excluding carboxylic acids is 1. The molecule has 1 fully saturated rings. The normalized spacial score (nSPS) is 18.7. The van der Waals surface area contributed by atoms with E-state index < -0.39 is 0 Å². The maximum absolute atomic E-state index is 12.8. The van der Waals surface area contributed by atoms with Gasteiger partial charge in [0.1, 0.15) is 0 Å². The molecule has 0 bridgehead atoms. The highest BCUT2D eigenvalue weighted by Gasteiger charge is 2.36. The molecule has 1 atom stereocenters. The average Bonchev–Trinajstić information content (AvgIpc) is 3.12. The Labute approximate surface area is 137 Å². The molecule has 1 aliphatic heterocycles. The monoisotopic (exact) mass is 314 g/mol. The lowest BCUT2D eigenvalue weighted by Gasteiger charge is -2.31. The lowest BCUT2D eigenvalue weighted by molar-refractivity contribution is -0.140. The Morgan fingerprint density at radius 1 is 1.35 bits per heavy atom. The zero-order valence-electron chi connectivity index (χ0n) is 14.7. The molecule has 0 spiro atoms. The summed E-state index contributed by atoms with van der Waals surface area (Å²) in [5.41, 5.74) is 1.71. The van der Waals surface area contributed by atoms with Crippen molar-refractivity contribution in [3.8, 4) is 0 Å². The second kappa shape index (κ2) is 5.55. The van der Waals surface area contributed by atoms with Gasteiger partial charge in [0, 0.05) is 38.4 Å². The summed E-state index contributed by atoms with van der Waals surface area (Å²) >= 11 is 0. The largest absolute Gasteiger partial charge is 0.361 e. The summed E-state index contributed by atoms with van der Waals surface area (Å²) < 4.78 is 2.11. The number of nitrogens with zero attached hydrogens (tertiary/aromatic N) is 4. The Morgan fingerprint density at radius 3 is 2.74 bits per heavy atom. The molecule has 5 nitrogen and oxygen atoms in total. The molecular weight excluding hydrogens is 288 g/mol. The molecule has 0 unspecified atom stereocenters. The second-order valence-electron chi connectivity index (χ2n) is 7.59. The molecule has 0 aromatic carbocycles. The van der Waals surface area contributed by atoms with Crippen molar-refractivity contribution in [3.63, 3.8) is 0 Å². The molecule has 1 saturated heterocycles. The molecule has 3 rings (SSSR count). The third kappa shape index (κ3) is 2.80. The van der Waals surface area contributed by atoms with Crippen LogP contribution in [0.5, 0.6) is 0 Å². The van der Waals surface area contributed by atoms with E-state index in [2.05, 4.69) is 16.7 Å². The first-order chi connectivity index (χ1) is 10.8. The predicted octanol–water partition coefficient (Wildman–Crippen LogP) is 3.11. The van der Waals surface area contributed by atoms with Crippen molar-refractivity contribution in [2.45, 2.75) is 39.7 Å². The van der Waals surface area contributed by atoms with Gasteiger partial charge in [0.2, 0.25) is 5.91 Å². The molecule has 0 radical (unpaired) electrons. The number of anilines is 1. The van der Waals surface area contributed by atoms with Crippen LogP contribution in [0.1, 0.15) is 45.3 Å². The van der Waals surface area contributed by atoms with Crippen LogP contribution in [-0.4, -0.2) is 40.8 Å². The van der Waals surface area contributed by atoms with Crippen LogP contribution in [0, 0.1) is 5.41 Å². The van der Waals surface area contributed by atoms with E-state index in [-0.39, 0.29) is 17.4 Å². The minimum Gasteiger partial charge on any atom is -0.361 e. The van der Waals surface area contributed by atoms with Crippen molar-refractivity contribution in [1.29, 1.82) is 0 Å². The Balaban J connectivity index is 2.03. The molecule has 124 valence electrons. The summed E-state index contributed by atoms with van der Waals surface area (Å²) in [6.45, 7) is 6.78. The van der Waals surface area contributed by atoms with E-state index in [1.165, 1.54) is 0 Å². The summed E-state index contributed by atoms with van der Waals surface area (Å²) in [4.78, 5) is 21.7. The van der Waals surface area contributed by atoms with Gasteiger partial charge in [-0.15, -0.1) is 0 Å². The Hall–Kier alpha value is -2.04. The fourth-order valence-corrected chi connectivity index (χ4v) is 3.28. The van der Waals surface area contributed by atoms with Gasteiger partial charge in [-0.3, -0.25) is 4.79 Å². The van der Waals surface area contributed by atoms with Gasteiger partial charge in [-0.1, -0.05) is 20.8 Å². The van der Waals surface area contributed by atoms with Gasteiger partial charge < -0.3 is 14.2 Å². The van der Waals surface area contributed by atoms with Gasteiger partial charge >= 0.3 is 0 Å². The van der Waals surface area contributed by atoms with E-state index in [0.29, 0.717) is 0 Å². The Kier molecular flexibility index (Phi) is 3.82. The summed E-state index contributed by atoms with van der Waals surface area (Å²) in [5.74, 6) is 1.16. The number of hydrogen-bond acceptors (Lipinski definition) is 3. The highest BCUT2D eigenvalue weighted by Crippen LogP contribution is 2.35. The molecule has 0 N–H and O–H groups in total. The van der Waals surface area contributed by atoms with Crippen LogP contribution in [0.2, 0.25) is 0 Å².